The molecule has 1 aliphatic heterocycles. The standard InChI is InChI=1S/C9H20N2O2S/c1-4-9(2,3)11-14(12,13)8-5-6-10-7-8/h8,10-11H,4-7H2,1-3H3. The highest BCUT2D eigenvalue weighted by molar-refractivity contribution is 7.90. The number of hydrogen-bond acceptors (Lipinski definition) is 3. The van der Waals surface area contributed by atoms with E-state index in [1.807, 2.05) is 20.8 Å². The Hall–Kier alpha value is -0.130. The molecule has 1 saturated heterocycles. The summed E-state index contributed by atoms with van der Waals surface area (Å²) in [4.78, 5) is 0. The maximum atomic E-state index is 11.9. The highest BCUT2D eigenvalue weighted by Crippen LogP contribution is 2.14. The van der Waals surface area contributed by atoms with Gasteiger partial charge >= 0.3 is 0 Å². The first-order chi connectivity index (χ1) is 6.37. The normalized spacial score (nSPS) is 24.1. The second kappa shape index (κ2) is 4.16. The van der Waals surface area contributed by atoms with Gasteiger partial charge in [0.15, 0.2) is 0 Å². The van der Waals surface area contributed by atoms with Crippen LogP contribution in [0.2, 0.25) is 0 Å². The van der Waals surface area contributed by atoms with Crippen molar-refractivity contribution < 1.29 is 8.42 Å². The zero-order valence-corrected chi connectivity index (χ0v) is 9.95. The third-order valence-corrected chi connectivity index (χ3v) is 4.87. The van der Waals surface area contributed by atoms with Crippen molar-refractivity contribution in [1.82, 2.24) is 10.0 Å². The number of sulfonamides is 1. The predicted octanol–water partition coefficient (Wildman–Crippen LogP) is 0.456. The molecule has 1 fully saturated rings. The maximum Gasteiger partial charge on any atom is 0.216 e. The summed E-state index contributed by atoms with van der Waals surface area (Å²) < 4.78 is 26.5. The highest BCUT2D eigenvalue weighted by Gasteiger charge is 2.32. The lowest BCUT2D eigenvalue weighted by molar-refractivity contribution is 0.436. The van der Waals surface area contributed by atoms with Gasteiger partial charge < -0.3 is 5.32 Å². The minimum absolute atomic E-state index is 0.256. The molecule has 0 amide bonds. The summed E-state index contributed by atoms with van der Waals surface area (Å²) in [5.74, 6) is 0. The maximum absolute atomic E-state index is 11.9. The first kappa shape index (κ1) is 11.9. The van der Waals surface area contributed by atoms with Crippen molar-refractivity contribution >= 4 is 10.0 Å². The molecule has 1 heterocycles. The van der Waals surface area contributed by atoms with Crippen molar-refractivity contribution in [2.24, 2.45) is 0 Å². The van der Waals surface area contributed by atoms with Crippen molar-refractivity contribution in [3.63, 3.8) is 0 Å². The Kier molecular flexibility index (Phi) is 3.55. The molecule has 0 radical (unpaired) electrons. The van der Waals surface area contributed by atoms with Gasteiger partial charge in [-0.3, -0.25) is 0 Å². The Balaban J connectivity index is 2.66. The van der Waals surface area contributed by atoms with Gasteiger partial charge in [-0.15, -0.1) is 0 Å². The van der Waals surface area contributed by atoms with Gasteiger partial charge in [-0.2, -0.15) is 0 Å². The first-order valence-corrected chi connectivity index (χ1v) is 6.65. The van der Waals surface area contributed by atoms with E-state index >= 15 is 0 Å². The van der Waals surface area contributed by atoms with Crippen molar-refractivity contribution in [3.8, 4) is 0 Å². The molecule has 0 saturated carbocycles. The van der Waals surface area contributed by atoms with Crippen molar-refractivity contribution in [3.05, 3.63) is 0 Å². The Morgan fingerprint density at radius 3 is 2.57 bits per heavy atom. The topological polar surface area (TPSA) is 58.2 Å². The molecule has 4 nitrogen and oxygen atoms in total. The van der Waals surface area contributed by atoms with Gasteiger partial charge in [0, 0.05) is 12.1 Å². The molecule has 84 valence electrons. The lowest BCUT2D eigenvalue weighted by Crippen LogP contribution is -2.47. The largest absolute Gasteiger partial charge is 0.315 e. The van der Waals surface area contributed by atoms with Crippen LogP contribution in [0, 0.1) is 0 Å². The monoisotopic (exact) mass is 220 g/mol. The Morgan fingerprint density at radius 2 is 2.14 bits per heavy atom. The van der Waals surface area contributed by atoms with E-state index in [1.165, 1.54) is 0 Å². The second-order valence-electron chi connectivity index (χ2n) is 4.50. The molecule has 1 aliphatic rings. The van der Waals surface area contributed by atoms with E-state index in [-0.39, 0.29) is 10.8 Å². The fourth-order valence-corrected chi connectivity index (χ4v) is 3.28. The van der Waals surface area contributed by atoms with E-state index in [1.54, 1.807) is 0 Å². The van der Waals surface area contributed by atoms with Crippen LogP contribution >= 0.6 is 0 Å². The van der Waals surface area contributed by atoms with Crippen LogP contribution in [-0.4, -0.2) is 32.3 Å². The van der Waals surface area contributed by atoms with Gasteiger partial charge in [-0.1, -0.05) is 6.92 Å². The summed E-state index contributed by atoms with van der Waals surface area (Å²) in [6, 6.07) is 0. The van der Waals surface area contributed by atoms with Gasteiger partial charge in [0.05, 0.1) is 5.25 Å². The van der Waals surface area contributed by atoms with Gasteiger partial charge in [0.2, 0.25) is 10.0 Å². The first-order valence-electron chi connectivity index (χ1n) is 5.11. The second-order valence-corrected chi connectivity index (χ2v) is 6.46. The summed E-state index contributed by atoms with van der Waals surface area (Å²) in [6.45, 7) is 7.18. The van der Waals surface area contributed by atoms with Crippen LogP contribution in [0.3, 0.4) is 0 Å². The van der Waals surface area contributed by atoms with E-state index in [9.17, 15) is 8.42 Å². The number of nitrogens with one attached hydrogen (secondary N) is 2. The van der Waals surface area contributed by atoms with Gasteiger partial charge in [-0.05, 0) is 33.2 Å². The van der Waals surface area contributed by atoms with Gasteiger partial charge in [0.1, 0.15) is 0 Å². The van der Waals surface area contributed by atoms with Crippen LogP contribution in [0.1, 0.15) is 33.6 Å². The number of rotatable bonds is 4. The molecule has 5 heteroatoms. The van der Waals surface area contributed by atoms with Crippen LogP contribution in [0.15, 0.2) is 0 Å². The van der Waals surface area contributed by atoms with E-state index in [0.29, 0.717) is 6.54 Å². The van der Waals surface area contributed by atoms with Crippen LogP contribution in [0.25, 0.3) is 0 Å². The molecule has 0 aromatic rings. The number of hydrogen-bond donors (Lipinski definition) is 2. The Labute approximate surface area is 86.5 Å². The SMILES string of the molecule is CCC(C)(C)NS(=O)(=O)C1CCNC1. The Morgan fingerprint density at radius 1 is 1.50 bits per heavy atom. The van der Waals surface area contributed by atoms with Crippen molar-refractivity contribution in [2.75, 3.05) is 13.1 Å². The fourth-order valence-electron chi connectivity index (χ4n) is 1.43. The van der Waals surface area contributed by atoms with E-state index in [4.69, 9.17) is 0 Å². The molecule has 0 aromatic carbocycles. The quantitative estimate of drug-likeness (QED) is 0.723. The minimum Gasteiger partial charge on any atom is -0.315 e. The third-order valence-electron chi connectivity index (χ3n) is 2.76. The smallest absolute Gasteiger partial charge is 0.216 e. The summed E-state index contributed by atoms with van der Waals surface area (Å²) >= 11 is 0. The van der Waals surface area contributed by atoms with Crippen molar-refractivity contribution in [1.29, 1.82) is 0 Å². The van der Waals surface area contributed by atoms with Crippen LogP contribution < -0.4 is 10.0 Å². The van der Waals surface area contributed by atoms with E-state index < -0.39 is 10.0 Å². The van der Waals surface area contributed by atoms with Crippen LogP contribution in [0.5, 0.6) is 0 Å². The van der Waals surface area contributed by atoms with Crippen LogP contribution in [0.4, 0.5) is 0 Å². The molecule has 1 atom stereocenters. The average molecular weight is 220 g/mol. The predicted molar refractivity (Wildman–Crippen MR) is 57.7 cm³/mol. The molecular formula is C9H20N2O2S. The third kappa shape index (κ3) is 2.93. The molecule has 0 aliphatic carbocycles. The molecule has 1 rings (SSSR count). The summed E-state index contributed by atoms with van der Waals surface area (Å²) in [7, 11) is -3.14. The van der Waals surface area contributed by atoms with Gasteiger partial charge in [-0.25, -0.2) is 13.1 Å². The molecule has 2 N–H and O–H groups in total. The zero-order valence-electron chi connectivity index (χ0n) is 9.13. The Bertz CT molecular complexity index is 279. The highest BCUT2D eigenvalue weighted by atomic mass is 32.2. The summed E-state index contributed by atoms with van der Waals surface area (Å²) in [5.41, 5.74) is -0.332. The van der Waals surface area contributed by atoms with E-state index in [0.717, 1.165) is 19.4 Å². The minimum atomic E-state index is -3.14. The van der Waals surface area contributed by atoms with Crippen LogP contribution in [-0.2, 0) is 10.0 Å². The molecule has 1 unspecified atom stereocenters. The van der Waals surface area contributed by atoms with Crippen molar-refractivity contribution in [2.45, 2.75) is 44.4 Å². The molecule has 0 spiro atoms. The van der Waals surface area contributed by atoms with Gasteiger partial charge in [0.25, 0.3) is 0 Å². The molecule has 0 aromatic heterocycles. The lowest BCUT2D eigenvalue weighted by Gasteiger charge is -2.26. The fraction of sp³-hybridized carbons (Fsp3) is 1.00. The average Bonchev–Trinajstić information content (AvgIpc) is 2.54. The zero-order chi connectivity index (χ0) is 10.8. The lowest BCUT2D eigenvalue weighted by atomic mass is 10.0. The molecule has 14 heavy (non-hydrogen) atoms. The van der Waals surface area contributed by atoms with E-state index in [2.05, 4.69) is 10.0 Å². The summed E-state index contributed by atoms with van der Waals surface area (Å²) in [6.07, 6.45) is 1.52. The summed E-state index contributed by atoms with van der Waals surface area (Å²) in [5, 5.41) is 2.81. The molecular weight excluding hydrogens is 200 g/mol. The molecule has 0 bridgehead atoms.